The van der Waals surface area contributed by atoms with E-state index in [-0.39, 0.29) is 18.2 Å². The van der Waals surface area contributed by atoms with Crippen molar-refractivity contribution in [3.05, 3.63) is 70.7 Å². The molecule has 0 saturated heterocycles. The van der Waals surface area contributed by atoms with Crippen LogP contribution in [0, 0.1) is 0 Å². The van der Waals surface area contributed by atoms with Crippen molar-refractivity contribution in [2.24, 2.45) is 0 Å². The van der Waals surface area contributed by atoms with E-state index in [2.05, 4.69) is 5.32 Å². The minimum atomic E-state index is -0.470. The van der Waals surface area contributed by atoms with Crippen LogP contribution in [-0.2, 0) is 22.4 Å². The SMILES string of the molecule is CCCNC(=O)[C@H](CC)N(CCc1ccccc1)C(=O)Cc1cccc(Cl)c1. The van der Waals surface area contributed by atoms with Crippen molar-refractivity contribution in [1.29, 1.82) is 0 Å². The first-order valence-electron chi connectivity index (χ1n) is 9.90. The number of nitrogens with zero attached hydrogens (tertiary/aromatic N) is 1. The Balaban J connectivity index is 2.17. The highest BCUT2D eigenvalue weighted by Gasteiger charge is 2.28. The molecule has 0 fully saturated rings. The lowest BCUT2D eigenvalue weighted by Crippen LogP contribution is -2.50. The van der Waals surface area contributed by atoms with Crippen molar-refractivity contribution >= 4 is 23.4 Å². The molecule has 0 heterocycles. The Kier molecular flexibility index (Phi) is 9.02. The minimum absolute atomic E-state index is 0.0586. The Morgan fingerprint density at radius 1 is 1.04 bits per heavy atom. The molecule has 0 bridgehead atoms. The van der Waals surface area contributed by atoms with E-state index in [1.165, 1.54) is 0 Å². The lowest BCUT2D eigenvalue weighted by Gasteiger charge is -2.30. The van der Waals surface area contributed by atoms with Crippen LogP contribution >= 0.6 is 11.6 Å². The number of carbonyl (C=O) groups is 2. The summed E-state index contributed by atoms with van der Waals surface area (Å²) in [5.74, 6) is -0.145. The predicted octanol–water partition coefficient (Wildman–Crippen LogP) is 4.26. The summed E-state index contributed by atoms with van der Waals surface area (Å²) < 4.78 is 0. The van der Waals surface area contributed by atoms with E-state index in [1.54, 1.807) is 17.0 Å². The van der Waals surface area contributed by atoms with Gasteiger partial charge in [0.2, 0.25) is 11.8 Å². The van der Waals surface area contributed by atoms with E-state index >= 15 is 0 Å². The van der Waals surface area contributed by atoms with E-state index in [4.69, 9.17) is 11.6 Å². The van der Waals surface area contributed by atoms with E-state index in [9.17, 15) is 9.59 Å². The smallest absolute Gasteiger partial charge is 0.242 e. The van der Waals surface area contributed by atoms with Crippen LogP contribution in [0.25, 0.3) is 0 Å². The molecule has 0 aromatic heterocycles. The third-order valence-corrected chi connectivity index (χ3v) is 4.90. The monoisotopic (exact) mass is 400 g/mol. The number of hydrogen-bond donors (Lipinski definition) is 1. The topological polar surface area (TPSA) is 49.4 Å². The molecule has 2 amide bonds. The van der Waals surface area contributed by atoms with Crippen LogP contribution in [-0.4, -0.2) is 35.8 Å². The van der Waals surface area contributed by atoms with Gasteiger partial charge in [0, 0.05) is 18.1 Å². The molecule has 1 atom stereocenters. The number of halogens is 1. The van der Waals surface area contributed by atoms with Crippen molar-refractivity contribution in [1.82, 2.24) is 10.2 Å². The van der Waals surface area contributed by atoms with Crippen molar-refractivity contribution in [2.75, 3.05) is 13.1 Å². The van der Waals surface area contributed by atoms with Crippen LogP contribution in [0.3, 0.4) is 0 Å². The Morgan fingerprint density at radius 2 is 1.75 bits per heavy atom. The second kappa shape index (κ2) is 11.5. The van der Waals surface area contributed by atoms with E-state index < -0.39 is 6.04 Å². The summed E-state index contributed by atoms with van der Waals surface area (Å²) in [5.41, 5.74) is 2.00. The fraction of sp³-hybridized carbons (Fsp3) is 0.391. The summed E-state index contributed by atoms with van der Waals surface area (Å²) >= 11 is 6.06. The number of hydrogen-bond acceptors (Lipinski definition) is 2. The Hall–Kier alpha value is -2.33. The standard InChI is InChI=1S/C23H29ClN2O2/c1-3-14-25-23(28)21(4-2)26(15-13-18-9-6-5-7-10-18)22(27)17-19-11-8-12-20(24)16-19/h5-12,16,21H,3-4,13-15,17H2,1-2H3,(H,25,28)/t21-/m0/s1. The maximum Gasteiger partial charge on any atom is 0.242 e. The maximum atomic E-state index is 13.1. The highest BCUT2D eigenvalue weighted by atomic mass is 35.5. The quantitative estimate of drug-likeness (QED) is 0.647. The predicted molar refractivity (Wildman–Crippen MR) is 114 cm³/mol. The van der Waals surface area contributed by atoms with Gasteiger partial charge in [0.05, 0.1) is 6.42 Å². The molecule has 2 aromatic carbocycles. The average Bonchev–Trinajstić information content (AvgIpc) is 2.70. The maximum absolute atomic E-state index is 13.1. The molecule has 0 aliphatic rings. The number of benzene rings is 2. The number of nitrogens with one attached hydrogen (secondary N) is 1. The van der Waals surface area contributed by atoms with Gasteiger partial charge in [-0.15, -0.1) is 0 Å². The molecular weight excluding hydrogens is 372 g/mol. The molecule has 0 radical (unpaired) electrons. The molecule has 2 aromatic rings. The van der Waals surface area contributed by atoms with E-state index in [0.29, 0.717) is 31.0 Å². The number of amides is 2. The fourth-order valence-electron chi connectivity index (χ4n) is 3.19. The molecular formula is C23H29ClN2O2. The normalized spacial score (nSPS) is 11.7. The highest BCUT2D eigenvalue weighted by Crippen LogP contribution is 2.15. The zero-order chi connectivity index (χ0) is 20.4. The van der Waals surface area contributed by atoms with Crippen LogP contribution in [0.4, 0.5) is 0 Å². The first kappa shape index (κ1) is 22.0. The van der Waals surface area contributed by atoms with Gasteiger partial charge in [0.25, 0.3) is 0 Å². The van der Waals surface area contributed by atoms with Crippen LogP contribution < -0.4 is 5.32 Å². The first-order valence-corrected chi connectivity index (χ1v) is 10.3. The van der Waals surface area contributed by atoms with Gasteiger partial charge in [-0.3, -0.25) is 9.59 Å². The molecule has 0 spiro atoms. The third kappa shape index (κ3) is 6.68. The fourth-order valence-corrected chi connectivity index (χ4v) is 3.40. The average molecular weight is 401 g/mol. The van der Waals surface area contributed by atoms with E-state index in [1.807, 2.05) is 56.3 Å². The summed E-state index contributed by atoms with van der Waals surface area (Å²) in [4.78, 5) is 27.5. The van der Waals surface area contributed by atoms with Crippen LogP contribution in [0.1, 0.15) is 37.8 Å². The van der Waals surface area contributed by atoms with Gasteiger partial charge in [0.1, 0.15) is 6.04 Å². The second-order valence-electron chi connectivity index (χ2n) is 6.84. The molecule has 0 unspecified atom stereocenters. The summed E-state index contributed by atoms with van der Waals surface area (Å²) in [6.07, 6.45) is 2.38. The summed E-state index contributed by atoms with van der Waals surface area (Å²) in [6, 6.07) is 16.9. The van der Waals surface area contributed by atoms with Gasteiger partial charge in [-0.05, 0) is 42.5 Å². The van der Waals surface area contributed by atoms with Crippen molar-refractivity contribution < 1.29 is 9.59 Å². The Labute approximate surface area is 172 Å². The molecule has 1 N–H and O–H groups in total. The van der Waals surface area contributed by atoms with Gasteiger partial charge in [-0.25, -0.2) is 0 Å². The van der Waals surface area contributed by atoms with Gasteiger partial charge in [0.15, 0.2) is 0 Å². The van der Waals surface area contributed by atoms with Gasteiger partial charge in [-0.2, -0.15) is 0 Å². The summed E-state index contributed by atoms with van der Waals surface area (Å²) in [7, 11) is 0. The van der Waals surface area contributed by atoms with Crippen LogP contribution in [0.15, 0.2) is 54.6 Å². The highest BCUT2D eigenvalue weighted by molar-refractivity contribution is 6.30. The first-order chi connectivity index (χ1) is 13.5. The van der Waals surface area contributed by atoms with E-state index in [0.717, 1.165) is 17.5 Å². The zero-order valence-electron chi connectivity index (χ0n) is 16.7. The van der Waals surface area contributed by atoms with Gasteiger partial charge < -0.3 is 10.2 Å². The third-order valence-electron chi connectivity index (χ3n) is 4.66. The van der Waals surface area contributed by atoms with Crippen molar-refractivity contribution in [3.63, 3.8) is 0 Å². The molecule has 4 nitrogen and oxygen atoms in total. The lowest BCUT2D eigenvalue weighted by molar-refractivity contribution is -0.140. The summed E-state index contributed by atoms with van der Waals surface area (Å²) in [6.45, 7) is 5.07. The number of carbonyl (C=O) groups excluding carboxylic acids is 2. The molecule has 0 aliphatic heterocycles. The molecule has 0 aliphatic carbocycles. The minimum Gasteiger partial charge on any atom is -0.354 e. The zero-order valence-corrected chi connectivity index (χ0v) is 17.4. The van der Waals surface area contributed by atoms with Crippen molar-refractivity contribution in [2.45, 2.75) is 45.6 Å². The van der Waals surface area contributed by atoms with Crippen LogP contribution in [0.5, 0.6) is 0 Å². The molecule has 150 valence electrons. The Bertz CT molecular complexity index is 764. The Morgan fingerprint density at radius 3 is 2.39 bits per heavy atom. The van der Waals surface area contributed by atoms with Gasteiger partial charge >= 0.3 is 0 Å². The number of rotatable bonds is 10. The second-order valence-corrected chi connectivity index (χ2v) is 7.28. The van der Waals surface area contributed by atoms with Crippen LogP contribution in [0.2, 0.25) is 5.02 Å². The molecule has 0 saturated carbocycles. The molecule has 5 heteroatoms. The lowest BCUT2D eigenvalue weighted by atomic mass is 10.1. The molecule has 2 rings (SSSR count). The molecule has 28 heavy (non-hydrogen) atoms. The summed E-state index contributed by atoms with van der Waals surface area (Å²) in [5, 5.41) is 3.54. The van der Waals surface area contributed by atoms with Gasteiger partial charge in [-0.1, -0.05) is 67.9 Å². The van der Waals surface area contributed by atoms with Crippen molar-refractivity contribution in [3.8, 4) is 0 Å². The largest absolute Gasteiger partial charge is 0.354 e.